The van der Waals surface area contributed by atoms with E-state index < -0.39 is 0 Å². The number of benzene rings is 1. The van der Waals surface area contributed by atoms with Gasteiger partial charge < -0.3 is 9.47 Å². The molecule has 1 aliphatic heterocycles. The smallest absolute Gasteiger partial charge is 0.223 e. The zero-order chi connectivity index (χ0) is 16.7. The molecule has 3 heteroatoms. The second kappa shape index (κ2) is 7.23. The maximum absolute atomic E-state index is 12.8. The fraction of sp³-hybridized carbons (Fsp3) is 0.591. The highest BCUT2D eigenvalue weighted by Crippen LogP contribution is 2.35. The first kappa shape index (κ1) is 18.0. The van der Waals surface area contributed by atoms with Gasteiger partial charge in [0, 0.05) is 43.2 Å². The van der Waals surface area contributed by atoms with Gasteiger partial charge in [0.15, 0.2) is 0 Å². The first-order chi connectivity index (χ1) is 11.6. The normalized spacial score (nSPS) is 22.7. The molecule has 1 saturated carbocycles. The monoisotopic (exact) mass is 340 g/mol. The minimum absolute atomic E-state index is 0. The molecule has 2 unspecified atom stereocenters. The summed E-state index contributed by atoms with van der Waals surface area (Å²) in [5.74, 6) is 1.25. The summed E-state index contributed by atoms with van der Waals surface area (Å²) >= 11 is 0. The fourth-order valence-corrected chi connectivity index (χ4v) is 4.95. The van der Waals surface area contributed by atoms with Crippen molar-refractivity contribution in [2.45, 2.75) is 65.3 Å². The van der Waals surface area contributed by atoms with Gasteiger partial charge in [0.25, 0.3) is 0 Å². The summed E-state index contributed by atoms with van der Waals surface area (Å²) in [5, 5.41) is 1.34. The van der Waals surface area contributed by atoms with E-state index in [0.29, 0.717) is 18.4 Å². The Morgan fingerprint density at radius 1 is 1.24 bits per heavy atom. The predicted molar refractivity (Wildman–Crippen MR) is 105 cm³/mol. The Morgan fingerprint density at radius 3 is 2.92 bits per heavy atom. The number of hydrogen-bond donors (Lipinski definition) is 0. The number of carbonyl (C=O) groups excluding carboxylic acids is 1. The van der Waals surface area contributed by atoms with E-state index in [1.807, 2.05) is 0 Å². The third kappa shape index (κ3) is 3.33. The Labute approximate surface area is 152 Å². The molecule has 2 bridgehead atoms. The topological polar surface area (TPSA) is 25.2 Å². The number of likely N-dealkylation sites (tertiary alicyclic amines) is 1. The van der Waals surface area contributed by atoms with Crippen LogP contribution in [0.3, 0.4) is 0 Å². The van der Waals surface area contributed by atoms with Gasteiger partial charge in [0.2, 0.25) is 5.91 Å². The first-order valence-electron chi connectivity index (χ1n) is 9.46. The maximum Gasteiger partial charge on any atom is 0.223 e. The fourth-order valence-electron chi connectivity index (χ4n) is 4.95. The van der Waals surface area contributed by atoms with Crippen LogP contribution < -0.4 is 0 Å². The molecule has 2 aliphatic rings. The van der Waals surface area contributed by atoms with Crippen molar-refractivity contribution in [3.8, 4) is 0 Å². The summed E-state index contributed by atoms with van der Waals surface area (Å²) in [5.41, 5.74) is 3.90. The van der Waals surface area contributed by atoms with Gasteiger partial charge in [0.1, 0.15) is 0 Å². The lowest BCUT2D eigenvalue weighted by Gasteiger charge is -2.43. The highest BCUT2D eigenvalue weighted by Gasteiger charge is 2.33. The Bertz CT molecular complexity index is 761. The van der Waals surface area contributed by atoms with Crippen LogP contribution in [0.2, 0.25) is 0 Å². The SMILES string of the molecule is C.Cc1cccc2c1c(CCC(=O)N1CCC3CCCC1C3)cn2C. The molecule has 136 valence electrons. The number of piperidine rings is 1. The molecular formula is C22H32N2O. The van der Waals surface area contributed by atoms with Crippen molar-refractivity contribution in [3.05, 3.63) is 35.5 Å². The van der Waals surface area contributed by atoms with Gasteiger partial charge in [-0.2, -0.15) is 0 Å². The molecule has 1 aliphatic carbocycles. The van der Waals surface area contributed by atoms with Crippen LogP contribution in [0.25, 0.3) is 10.9 Å². The molecule has 0 N–H and O–H groups in total. The second-order valence-electron chi connectivity index (χ2n) is 7.80. The van der Waals surface area contributed by atoms with Gasteiger partial charge in [-0.05, 0) is 55.7 Å². The molecule has 2 fully saturated rings. The summed E-state index contributed by atoms with van der Waals surface area (Å²) < 4.78 is 2.19. The summed E-state index contributed by atoms with van der Waals surface area (Å²) in [6.45, 7) is 3.16. The lowest BCUT2D eigenvalue weighted by atomic mass is 9.79. The van der Waals surface area contributed by atoms with Crippen LogP contribution in [0, 0.1) is 12.8 Å². The van der Waals surface area contributed by atoms with Crippen LogP contribution in [0.15, 0.2) is 24.4 Å². The van der Waals surface area contributed by atoms with Gasteiger partial charge in [0.05, 0.1) is 0 Å². The lowest BCUT2D eigenvalue weighted by molar-refractivity contribution is -0.136. The van der Waals surface area contributed by atoms with E-state index in [0.717, 1.165) is 18.9 Å². The van der Waals surface area contributed by atoms with E-state index >= 15 is 0 Å². The third-order valence-corrected chi connectivity index (χ3v) is 6.20. The molecule has 0 radical (unpaired) electrons. The number of aryl methyl sites for hydroxylation is 3. The average molecular weight is 341 g/mol. The molecule has 4 rings (SSSR count). The van der Waals surface area contributed by atoms with Crippen LogP contribution in [-0.4, -0.2) is 28.0 Å². The Hall–Kier alpha value is -1.77. The number of amides is 1. The molecule has 2 heterocycles. The van der Waals surface area contributed by atoms with Crippen LogP contribution in [-0.2, 0) is 18.3 Å². The van der Waals surface area contributed by atoms with E-state index in [2.05, 4.69) is 47.8 Å². The van der Waals surface area contributed by atoms with E-state index in [9.17, 15) is 4.79 Å². The van der Waals surface area contributed by atoms with E-state index in [-0.39, 0.29) is 7.43 Å². The van der Waals surface area contributed by atoms with Gasteiger partial charge in [-0.15, -0.1) is 0 Å². The number of carbonyl (C=O) groups is 1. The van der Waals surface area contributed by atoms with Crippen LogP contribution >= 0.6 is 0 Å². The highest BCUT2D eigenvalue weighted by atomic mass is 16.2. The minimum Gasteiger partial charge on any atom is -0.350 e. The van der Waals surface area contributed by atoms with Crippen molar-refractivity contribution < 1.29 is 4.79 Å². The van der Waals surface area contributed by atoms with E-state index in [1.165, 1.54) is 54.1 Å². The molecular weight excluding hydrogens is 308 g/mol. The predicted octanol–water partition coefficient (Wildman–Crippen LogP) is 4.85. The highest BCUT2D eigenvalue weighted by molar-refractivity contribution is 5.88. The number of aromatic nitrogens is 1. The van der Waals surface area contributed by atoms with Crippen LogP contribution in [0.1, 0.15) is 57.1 Å². The number of rotatable bonds is 3. The molecule has 1 aromatic heterocycles. The molecule has 2 aromatic rings. The van der Waals surface area contributed by atoms with Crippen molar-refractivity contribution in [3.63, 3.8) is 0 Å². The zero-order valence-electron chi connectivity index (χ0n) is 14.9. The Morgan fingerprint density at radius 2 is 2.08 bits per heavy atom. The molecule has 1 saturated heterocycles. The van der Waals surface area contributed by atoms with Crippen molar-refractivity contribution >= 4 is 16.8 Å². The zero-order valence-corrected chi connectivity index (χ0v) is 14.9. The third-order valence-electron chi connectivity index (χ3n) is 6.20. The molecule has 3 nitrogen and oxygen atoms in total. The maximum atomic E-state index is 12.8. The van der Waals surface area contributed by atoms with Crippen molar-refractivity contribution in [2.24, 2.45) is 13.0 Å². The van der Waals surface area contributed by atoms with Gasteiger partial charge in [-0.3, -0.25) is 4.79 Å². The van der Waals surface area contributed by atoms with E-state index in [4.69, 9.17) is 0 Å². The summed E-state index contributed by atoms with van der Waals surface area (Å²) in [6, 6.07) is 6.97. The Kier molecular flexibility index (Phi) is 5.21. The molecule has 0 spiro atoms. The molecule has 1 amide bonds. The minimum atomic E-state index is 0. The van der Waals surface area contributed by atoms with Crippen LogP contribution in [0.5, 0.6) is 0 Å². The molecule has 1 aromatic carbocycles. The number of fused-ring (bicyclic) bond motifs is 3. The van der Waals surface area contributed by atoms with E-state index in [1.54, 1.807) is 0 Å². The molecule has 2 atom stereocenters. The van der Waals surface area contributed by atoms with Crippen LogP contribution in [0.4, 0.5) is 0 Å². The summed E-state index contributed by atoms with van der Waals surface area (Å²) in [7, 11) is 2.10. The van der Waals surface area contributed by atoms with Gasteiger partial charge >= 0.3 is 0 Å². The Balaban J connectivity index is 0.00000182. The first-order valence-corrected chi connectivity index (χ1v) is 9.46. The lowest BCUT2D eigenvalue weighted by Crippen LogP contribution is -2.48. The van der Waals surface area contributed by atoms with Crippen molar-refractivity contribution in [1.29, 1.82) is 0 Å². The number of hydrogen-bond acceptors (Lipinski definition) is 1. The number of nitrogens with zero attached hydrogens (tertiary/aromatic N) is 2. The largest absolute Gasteiger partial charge is 0.350 e. The standard InChI is InChI=1S/C21H28N2O.CH4/c1-15-5-3-8-19-21(15)17(14-22(19)2)9-10-20(24)23-12-11-16-6-4-7-18(23)13-16;/h3,5,8,14,16,18H,4,6-7,9-13H2,1-2H3;1H4. The van der Waals surface area contributed by atoms with Crippen molar-refractivity contribution in [2.75, 3.05) is 6.54 Å². The average Bonchev–Trinajstić information content (AvgIpc) is 2.91. The molecule has 25 heavy (non-hydrogen) atoms. The van der Waals surface area contributed by atoms with Gasteiger partial charge in [-0.1, -0.05) is 32.4 Å². The second-order valence-corrected chi connectivity index (χ2v) is 7.80. The quantitative estimate of drug-likeness (QED) is 0.784. The summed E-state index contributed by atoms with van der Waals surface area (Å²) in [6.07, 6.45) is 10.1. The van der Waals surface area contributed by atoms with Crippen molar-refractivity contribution in [1.82, 2.24) is 9.47 Å². The van der Waals surface area contributed by atoms with Gasteiger partial charge in [-0.25, -0.2) is 0 Å². The summed E-state index contributed by atoms with van der Waals surface area (Å²) in [4.78, 5) is 15.0.